The van der Waals surface area contributed by atoms with Crippen LogP contribution in [0.15, 0.2) is 47.1 Å². The maximum Gasteiger partial charge on any atom is 0.217 e. The number of hydrogen-bond acceptors (Lipinski definition) is 5. The van der Waals surface area contributed by atoms with Gasteiger partial charge < -0.3 is 25.5 Å². The van der Waals surface area contributed by atoms with E-state index in [9.17, 15) is 20.1 Å². The Labute approximate surface area is 160 Å². The van der Waals surface area contributed by atoms with Gasteiger partial charge in [-0.3, -0.25) is 4.79 Å². The molecule has 27 heavy (non-hydrogen) atoms. The van der Waals surface area contributed by atoms with E-state index >= 15 is 0 Å². The first-order chi connectivity index (χ1) is 13.0. The van der Waals surface area contributed by atoms with E-state index in [-0.39, 0.29) is 17.7 Å². The number of carbonyl (C=O) groups is 1. The minimum absolute atomic E-state index is 0.0825. The van der Waals surface area contributed by atoms with E-state index in [1.807, 2.05) is 30.4 Å². The first-order valence-electron chi connectivity index (χ1n) is 9.65. The smallest absolute Gasteiger partial charge is 0.217 e. The maximum atomic E-state index is 10.7. The third-order valence-electron chi connectivity index (χ3n) is 5.11. The van der Waals surface area contributed by atoms with Crippen LogP contribution in [0.4, 0.5) is 0 Å². The number of carbonyl (C=O) groups excluding carboxylic acids is 1. The molecule has 0 spiro atoms. The van der Waals surface area contributed by atoms with Crippen molar-refractivity contribution in [3.8, 4) is 0 Å². The van der Waals surface area contributed by atoms with Crippen LogP contribution >= 0.6 is 0 Å². The van der Waals surface area contributed by atoms with Gasteiger partial charge >= 0.3 is 0 Å². The first-order valence-corrected chi connectivity index (χ1v) is 9.65. The van der Waals surface area contributed by atoms with Gasteiger partial charge in [-0.15, -0.1) is 0 Å². The molecule has 1 heterocycles. The lowest BCUT2D eigenvalue weighted by Gasteiger charge is -2.19. The SMILES string of the molecule is NC(=O)CCCC=CC[C@H]1C(O)CC(O)[C@@H]1C=CC(O)CCc1ccco1. The summed E-state index contributed by atoms with van der Waals surface area (Å²) in [4.78, 5) is 10.7. The van der Waals surface area contributed by atoms with Crippen molar-refractivity contribution in [2.75, 3.05) is 0 Å². The van der Waals surface area contributed by atoms with E-state index in [0.717, 1.165) is 12.2 Å². The molecule has 6 heteroatoms. The third-order valence-corrected chi connectivity index (χ3v) is 5.11. The second-order valence-corrected chi connectivity index (χ2v) is 7.25. The molecular formula is C21H31NO5. The van der Waals surface area contributed by atoms with Crippen LogP contribution in [0.5, 0.6) is 0 Å². The number of aliphatic hydroxyl groups is 3. The van der Waals surface area contributed by atoms with Gasteiger partial charge in [0.25, 0.3) is 0 Å². The summed E-state index contributed by atoms with van der Waals surface area (Å²) in [6.07, 6.45) is 11.4. The molecule has 1 aliphatic carbocycles. The standard InChI is InChI=1S/C21H31NO5/c22-21(26)8-4-2-1-3-7-17-18(20(25)14-19(17)24)12-10-15(23)9-11-16-6-5-13-27-16/h1,3,5-6,10,12-13,15,17-20,23-25H,2,4,7-9,11,14H2,(H2,22,26)/t15?,17-,18-,19?,20?/m1/s1. The quantitative estimate of drug-likeness (QED) is 0.348. The number of aliphatic hydroxyl groups excluding tert-OH is 3. The number of primary amides is 1. The molecule has 1 amide bonds. The van der Waals surface area contributed by atoms with Crippen molar-refractivity contribution in [3.05, 3.63) is 48.5 Å². The second-order valence-electron chi connectivity index (χ2n) is 7.25. The number of unbranched alkanes of at least 4 members (excludes halogenated alkanes) is 1. The van der Waals surface area contributed by atoms with Crippen LogP contribution in [-0.4, -0.2) is 39.5 Å². The Hall–Kier alpha value is -1.89. The van der Waals surface area contributed by atoms with E-state index in [0.29, 0.717) is 38.5 Å². The number of furan rings is 1. The van der Waals surface area contributed by atoms with Crippen LogP contribution in [0.25, 0.3) is 0 Å². The molecule has 1 fully saturated rings. The number of rotatable bonds is 11. The fourth-order valence-corrected chi connectivity index (χ4v) is 3.57. The molecule has 5 atom stereocenters. The van der Waals surface area contributed by atoms with Crippen molar-refractivity contribution >= 4 is 5.91 Å². The number of allylic oxidation sites excluding steroid dienone is 2. The number of amides is 1. The van der Waals surface area contributed by atoms with Crippen molar-refractivity contribution in [1.29, 1.82) is 0 Å². The van der Waals surface area contributed by atoms with E-state index in [2.05, 4.69) is 0 Å². The zero-order chi connectivity index (χ0) is 19.6. The highest BCUT2D eigenvalue weighted by atomic mass is 16.3. The van der Waals surface area contributed by atoms with E-state index in [1.54, 1.807) is 12.3 Å². The normalized spacial score (nSPS) is 26.9. The fourth-order valence-electron chi connectivity index (χ4n) is 3.57. The van der Waals surface area contributed by atoms with Crippen LogP contribution in [0.3, 0.4) is 0 Å². The molecule has 0 aliphatic heterocycles. The first kappa shape index (κ1) is 21.4. The molecule has 6 nitrogen and oxygen atoms in total. The highest BCUT2D eigenvalue weighted by Gasteiger charge is 2.39. The molecule has 0 aromatic carbocycles. The Morgan fingerprint density at radius 1 is 1.33 bits per heavy atom. The lowest BCUT2D eigenvalue weighted by atomic mass is 9.89. The van der Waals surface area contributed by atoms with Crippen molar-refractivity contribution in [2.24, 2.45) is 17.6 Å². The number of nitrogens with two attached hydrogens (primary N) is 1. The van der Waals surface area contributed by atoms with Gasteiger partial charge in [-0.05, 0) is 43.7 Å². The van der Waals surface area contributed by atoms with Crippen LogP contribution in [0.1, 0.15) is 44.3 Å². The molecule has 1 aromatic rings. The summed E-state index contributed by atoms with van der Waals surface area (Å²) in [5, 5.41) is 30.6. The molecule has 0 bridgehead atoms. The molecule has 150 valence electrons. The summed E-state index contributed by atoms with van der Waals surface area (Å²) in [5.41, 5.74) is 5.11. The predicted molar refractivity (Wildman–Crippen MR) is 103 cm³/mol. The lowest BCUT2D eigenvalue weighted by molar-refractivity contribution is -0.118. The molecule has 3 unspecified atom stereocenters. The molecule has 1 saturated carbocycles. The molecule has 1 aliphatic rings. The van der Waals surface area contributed by atoms with E-state index in [4.69, 9.17) is 10.2 Å². The van der Waals surface area contributed by atoms with Gasteiger partial charge in [0.2, 0.25) is 5.91 Å². The summed E-state index contributed by atoms with van der Waals surface area (Å²) in [6.45, 7) is 0. The van der Waals surface area contributed by atoms with Gasteiger partial charge in [-0.2, -0.15) is 0 Å². The van der Waals surface area contributed by atoms with Gasteiger partial charge in [0, 0.05) is 25.2 Å². The minimum Gasteiger partial charge on any atom is -0.469 e. The van der Waals surface area contributed by atoms with Gasteiger partial charge in [0.1, 0.15) is 5.76 Å². The van der Waals surface area contributed by atoms with Gasteiger partial charge in [0.15, 0.2) is 0 Å². The second kappa shape index (κ2) is 11.1. The molecule has 0 radical (unpaired) electrons. The van der Waals surface area contributed by atoms with Crippen LogP contribution in [0, 0.1) is 11.8 Å². The highest BCUT2D eigenvalue weighted by Crippen LogP contribution is 2.36. The average molecular weight is 377 g/mol. The largest absolute Gasteiger partial charge is 0.469 e. The molecule has 1 aromatic heterocycles. The summed E-state index contributed by atoms with van der Waals surface area (Å²) in [7, 11) is 0. The number of aryl methyl sites for hydroxylation is 1. The average Bonchev–Trinajstić information content (AvgIpc) is 3.22. The fraction of sp³-hybridized carbons (Fsp3) is 0.571. The lowest BCUT2D eigenvalue weighted by Crippen LogP contribution is -2.20. The Morgan fingerprint density at radius 2 is 2.15 bits per heavy atom. The zero-order valence-electron chi connectivity index (χ0n) is 15.6. The zero-order valence-corrected chi connectivity index (χ0v) is 15.6. The number of hydrogen-bond donors (Lipinski definition) is 4. The molecule has 5 N–H and O–H groups in total. The third kappa shape index (κ3) is 7.33. The molecule has 2 rings (SSSR count). The van der Waals surface area contributed by atoms with Crippen molar-refractivity contribution in [1.82, 2.24) is 0 Å². The summed E-state index contributed by atoms with van der Waals surface area (Å²) < 4.78 is 5.25. The van der Waals surface area contributed by atoms with Gasteiger partial charge in [0.05, 0.1) is 24.6 Å². The van der Waals surface area contributed by atoms with Gasteiger partial charge in [-0.1, -0.05) is 24.3 Å². The predicted octanol–water partition coefficient (Wildman–Crippen LogP) is 2.09. The minimum atomic E-state index is -0.620. The molecule has 0 saturated heterocycles. The van der Waals surface area contributed by atoms with Gasteiger partial charge in [-0.25, -0.2) is 0 Å². The Bertz CT molecular complexity index is 610. The summed E-state index contributed by atoms with van der Waals surface area (Å²) >= 11 is 0. The summed E-state index contributed by atoms with van der Waals surface area (Å²) in [5.74, 6) is 0.265. The Morgan fingerprint density at radius 3 is 2.85 bits per heavy atom. The topological polar surface area (TPSA) is 117 Å². The van der Waals surface area contributed by atoms with E-state index in [1.165, 1.54) is 0 Å². The van der Waals surface area contributed by atoms with Crippen LogP contribution in [0.2, 0.25) is 0 Å². The Balaban J connectivity index is 1.81. The van der Waals surface area contributed by atoms with Crippen molar-refractivity contribution < 1.29 is 24.5 Å². The van der Waals surface area contributed by atoms with Crippen molar-refractivity contribution in [3.63, 3.8) is 0 Å². The van der Waals surface area contributed by atoms with Crippen molar-refractivity contribution in [2.45, 2.75) is 63.3 Å². The van der Waals surface area contributed by atoms with Crippen LogP contribution < -0.4 is 5.73 Å². The monoisotopic (exact) mass is 377 g/mol. The Kier molecular flexibility index (Phi) is 8.78. The highest BCUT2D eigenvalue weighted by molar-refractivity contribution is 5.73. The van der Waals surface area contributed by atoms with Crippen LogP contribution in [-0.2, 0) is 11.2 Å². The maximum absolute atomic E-state index is 10.7. The van der Waals surface area contributed by atoms with E-state index < -0.39 is 18.3 Å². The molecular weight excluding hydrogens is 346 g/mol. The summed E-state index contributed by atoms with van der Waals surface area (Å²) in [6, 6.07) is 3.69.